The Morgan fingerprint density at radius 3 is 2.66 bits per heavy atom. The fraction of sp³-hybridized carbons (Fsp3) is 0.286. The smallest absolute Gasteiger partial charge is 0.339 e. The van der Waals surface area contributed by atoms with Gasteiger partial charge in [-0.05, 0) is 66.4 Å². The highest BCUT2D eigenvalue weighted by molar-refractivity contribution is 5.93. The summed E-state index contributed by atoms with van der Waals surface area (Å²) in [6.45, 7) is 5.42. The van der Waals surface area contributed by atoms with Gasteiger partial charge in [-0.1, -0.05) is 12.1 Å². The molecule has 2 heterocycles. The minimum Gasteiger partial charge on any atom is -0.507 e. The number of carbonyl (C=O) groups excluding carboxylic acids is 2. The van der Waals surface area contributed by atoms with Gasteiger partial charge in [-0.25, -0.2) is 4.79 Å². The van der Waals surface area contributed by atoms with Crippen molar-refractivity contribution >= 4 is 17.8 Å². The number of morpholine rings is 1. The van der Waals surface area contributed by atoms with Crippen molar-refractivity contribution < 1.29 is 29.3 Å². The van der Waals surface area contributed by atoms with E-state index in [0.29, 0.717) is 30.8 Å². The number of aromatic hydroxyl groups is 1. The van der Waals surface area contributed by atoms with Gasteiger partial charge in [0.05, 0.1) is 19.3 Å². The lowest BCUT2D eigenvalue weighted by molar-refractivity contribution is -0.133. The van der Waals surface area contributed by atoms with Crippen molar-refractivity contribution in [3.05, 3.63) is 82.7 Å². The third-order valence-corrected chi connectivity index (χ3v) is 6.66. The summed E-state index contributed by atoms with van der Waals surface area (Å²) in [6.07, 6.45) is 3.52. The minimum absolute atomic E-state index is 0.200. The lowest BCUT2D eigenvalue weighted by Crippen LogP contribution is -2.53. The Hall–Kier alpha value is -4.28. The van der Waals surface area contributed by atoms with E-state index in [-0.39, 0.29) is 23.8 Å². The molecule has 2 amide bonds. The molecule has 5 N–H and O–H groups in total. The maximum Gasteiger partial charge on any atom is 0.339 e. The lowest BCUT2D eigenvalue weighted by Gasteiger charge is -2.35. The number of amides is 2. The summed E-state index contributed by atoms with van der Waals surface area (Å²) in [5, 5.41) is 22.1. The first kappa shape index (κ1) is 26.8. The Morgan fingerprint density at radius 2 is 1.97 bits per heavy atom. The molecule has 1 fully saturated rings. The molecular weight excluding hydrogens is 488 g/mol. The first-order chi connectivity index (χ1) is 18.1. The van der Waals surface area contributed by atoms with E-state index < -0.39 is 24.0 Å². The Bertz CT molecular complexity index is 1380. The van der Waals surface area contributed by atoms with E-state index in [1.165, 1.54) is 12.1 Å². The van der Waals surface area contributed by atoms with Crippen LogP contribution in [0.4, 0.5) is 0 Å². The number of hydrogen-bond acceptors (Lipinski definition) is 7. The molecule has 10 heteroatoms. The molecule has 1 aromatic heterocycles. The molecule has 10 nitrogen and oxygen atoms in total. The number of aromatic nitrogens is 1. The van der Waals surface area contributed by atoms with E-state index in [1.54, 1.807) is 37.5 Å². The van der Waals surface area contributed by atoms with Crippen molar-refractivity contribution in [2.75, 3.05) is 19.8 Å². The van der Waals surface area contributed by atoms with Gasteiger partial charge >= 0.3 is 5.97 Å². The molecule has 38 heavy (non-hydrogen) atoms. The quantitative estimate of drug-likeness (QED) is 0.355. The van der Waals surface area contributed by atoms with Gasteiger partial charge < -0.3 is 26.0 Å². The van der Waals surface area contributed by atoms with Gasteiger partial charge in [0.25, 0.3) is 0 Å². The third kappa shape index (κ3) is 5.99. The van der Waals surface area contributed by atoms with Gasteiger partial charge in [-0.3, -0.25) is 19.5 Å². The second-order valence-electron chi connectivity index (χ2n) is 9.35. The average molecular weight is 519 g/mol. The number of ether oxygens (including phenoxy) is 1. The fourth-order valence-corrected chi connectivity index (χ4v) is 4.56. The Labute approximate surface area is 220 Å². The van der Waals surface area contributed by atoms with Gasteiger partial charge in [0.15, 0.2) is 0 Å². The summed E-state index contributed by atoms with van der Waals surface area (Å²) in [5.41, 5.74) is 9.87. The molecular formula is C28H30N4O6. The van der Waals surface area contributed by atoms with E-state index in [4.69, 9.17) is 15.6 Å². The van der Waals surface area contributed by atoms with Crippen LogP contribution in [0.5, 0.6) is 5.75 Å². The van der Waals surface area contributed by atoms with Crippen LogP contribution in [-0.2, 0) is 16.1 Å². The molecule has 0 bridgehead atoms. The Balaban J connectivity index is 1.48. The predicted molar refractivity (Wildman–Crippen MR) is 140 cm³/mol. The van der Waals surface area contributed by atoms with Crippen LogP contribution in [0.3, 0.4) is 0 Å². The minimum atomic E-state index is -1.22. The maximum absolute atomic E-state index is 13.2. The Kier molecular flexibility index (Phi) is 8.04. The van der Waals surface area contributed by atoms with Crippen LogP contribution in [0.2, 0.25) is 0 Å². The van der Waals surface area contributed by atoms with Crippen molar-refractivity contribution in [1.82, 2.24) is 15.2 Å². The summed E-state index contributed by atoms with van der Waals surface area (Å²) >= 11 is 0. The number of aromatic carboxylic acids is 1. The number of pyridine rings is 1. The summed E-state index contributed by atoms with van der Waals surface area (Å²) in [6, 6.07) is 10.5. The molecule has 3 aromatic rings. The highest BCUT2D eigenvalue weighted by Crippen LogP contribution is 2.26. The number of carbonyl (C=O) groups is 3. The van der Waals surface area contributed by atoms with Gasteiger partial charge in [0, 0.05) is 36.6 Å². The number of primary amides is 1. The number of carboxylic acid groups (broad SMARTS) is 1. The molecule has 0 radical (unpaired) electrons. The second kappa shape index (κ2) is 11.4. The molecule has 198 valence electrons. The molecule has 2 atom stereocenters. The first-order valence-electron chi connectivity index (χ1n) is 12.2. The standard InChI is InChI=1S/C28H30N4O6/c1-16-9-20(26(29)34)4-5-22(16)21-10-18(12-30-13-21)14-32-7-8-38-15-24(32)27(35)31-17(2)19-3-6-23(28(36)37)25(33)11-19/h3-6,9-13,17,24,33H,7-8,14-15H2,1-2H3,(H2,29,34)(H,31,35)(H,36,37)/t17-,24+/m0/s1. The van der Waals surface area contributed by atoms with E-state index in [0.717, 1.165) is 22.3 Å². The second-order valence-corrected chi connectivity index (χ2v) is 9.35. The van der Waals surface area contributed by atoms with Crippen LogP contribution < -0.4 is 11.1 Å². The summed E-state index contributed by atoms with van der Waals surface area (Å²) in [5.74, 6) is -2.30. The number of hydrogen-bond donors (Lipinski definition) is 4. The van der Waals surface area contributed by atoms with Crippen LogP contribution in [0.25, 0.3) is 11.1 Å². The average Bonchev–Trinajstić information content (AvgIpc) is 2.88. The molecule has 1 aliphatic rings. The van der Waals surface area contributed by atoms with Crippen molar-refractivity contribution in [3.63, 3.8) is 0 Å². The van der Waals surface area contributed by atoms with Crippen molar-refractivity contribution in [2.24, 2.45) is 5.73 Å². The van der Waals surface area contributed by atoms with Crippen LogP contribution in [0.1, 0.15) is 50.4 Å². The number of benzene rings is 2. The maximum atomic E-state index is 13.2. The predicted octanol–water partition coefficient (Wildman–Crippen LogP) is 2.64. The van der Waals surface area contributed by atoms with E-state index in [1.807, 2.05) is 24.0 Å². The van der Waals surface area contributed by atoms with E-state index in [2.05, 4.69) is 10.3 Å². The number of nitrogens with one attached hydrogen (secondary N) is 1. The van der Waals surface area contributed by atoms with Gasteiger partial charge in [-0.2, -0.15) is 0 Å². The largest absolute Gasteiger partial charge is 0.507 e. The van der Waals surface area contributed by atoms with Crippen LogP contribution >= 0.6 is 0 Å². The summed E-state index contributed by atoms with van der Waals surface area (Å²) in [4.78, 5) is 42.3. The number of aryl methyl sites for hydroxylation is 1. The van der Waals surface area contributed by atoms with E-state index >= 15 is 0 Å². The molecule has 4 rings (SSSR count). The number of nitrogens with two attached hydrogens (primary N) is 1. The van der Waals surface area contributed by atoms with Gasteiger partial charge in [-0.15, -0.1) is 0 Å². The zero-order chi connectivity index (χ0) is 27.4. The van der Waals surface area contributed by atoms with Crippen LogP contribution in [-0.4, -0.2) is 63.7 Å². The molecule has 0 spiro atoms. The van der Waals surface area contributed by atoms with E-state index in [9.17, 15) is 19.5 Å². The lowest BCUT2D eigenvalue weighted by atomic mass is 9.98. The SMILES string of the molecule is Cc1cc(C(N)=O)ccc1-c1cncc(CN2CCOC[C@@H]2C(=O)N[C@@H](C)c2ccc(C(=O)O)c(O)c2)c1. The number of phenols is 1. The zero-order valence-electron chi connectivity index (χ0n) is 21.2. The first-order valence-corrected chi connectivity index (χ1v) is 12.2. The summed E-state index contributed by atoms with van der Waals surface area (Å²) < 4.78 is 5.60. The molecule has 1 saturated heterocycles. The topological polar surface area (TPSA) is 155 Å². The molecule has 0 saturated carbocycles. The molecule has 0 unspecified atom stereocenters. The van der Waals surface area contributed by atoms with Gasteiger partial charge in [0.2, 0.25) is 11.8 Å². The fourth-order valence-electron chi connectivity index (χ4n) is 4.56. The van der Waals surface area contributed by atoms with Crippen molar-refractivity contribution in [2.45, 2.75) is 32.5 Å². The van der Waals surface area contributed by atoms with Crippen molar-refractivity contribution in [1.29, 1.82) is 0 Å². The number of rotatable bonds is 8. The third-order valence-electron chi connectivity index (χ3n) is 6.66. The van der Waals surface area contributed by atoms with Crippen LogP contribution in [0, 0.1) is 6.92 Å². The monoisotopic (exact) mass is 518 g/mol. The van der Waals surface area contributed by atoms with Crippen molar-refractivity contribution in [3.8, 4) is 16.9 Å². The highest BCUT2D eigenvalue weighted by atomic mass is 16.5. The normalized spacial score (nSPS) is 16.5. The molecule has 1 aliphatic heterocycles. The Morgan fingerprint density at radius 1 is 1.18 bits per heavy atom. The number of nitrogens with zero attached hydrogens (tertiary/aromatic N) is 2. The van der Waals surface area contributed by atoms with Gasteiger partial charge in [0.1, 0.15) is 17.4 Å². The molecule has 0 aliphatic carbocycles. The molecule has 2 aromatic carbocycles. The zero-order valence-corrected chi connectivity index (χ0v) is 21.2. The number of carboxylic acids is 1. The highest BCUT2D eigenvalue weighted by Gasteiger charge is 2.30. The van der Waals surface area contributed by atoms with Crippen LogP contribution in [0.15, 0.2) is 54.9 Å². The summed E-state index contributed by atoms with van der Waals surface area (Å²) in [7, 11) is 0.